The molecule has 1 aliphatic heterocycles. The normalized spacial score (nSPS) is 17.8. The molecule has 9 nitrogen and oxygen atoms in total. The fourth-order valence-corrected chi connectivity index (χ4v) is 3.39. The number of carbonyl (C=O) groups is 1. The van der Waals surface area contributed by atoms with Crippen LogP contribution in [0.2, 0.25) is 0 Å². The number of H-pyrrole nitrogens is 1. The average Bonchev–Trinajstić information content (AvgIpc) is 3.27. The maximum Gasteiger partial charge on any atom is 0.258 e. The van der Waals surface area contributed by atoms with E-state index in [4.69, 9.17) is 4.74 Å². The van der Waals surface area contributed by atoms with Gasteiger partial charge in [-0.05, 0) is 37.1 Å². The van der Waals surface area contributed by atoms with Crippen LogP contribution in [0.5, 0.6) is 0 Å². The Balaban J connectivity index is 1.63. The first-order chi connectivity index (χ1) is 11.5. The molecular weight excluding hydrogens is 334 g/mol. The maximum absolute atomic E-state index is 12.2. The molecular formula is C14H17N5O4S. The van der Waals surface area contributed by atoms with Crippen molar-refractivity contribution in [3.63, 3.8) is 0 Å². The van der Waals surface area contributed by atoms with Crippen LogP contribution in [0.15, 0.2) is 35.5 Å². The van der Waals surface area contributed by atoms with E-state index in [1.54, 1.807) is 0 Å². The third kappa shape index (κ3) is 3.96. The maximum atomic E-state index is 12.2. The van der Waals surface area contributed by atoms with Crippen molar-refractivity contribution in [2.45, 2.75) is 23.8 Å². The standard InChI is InChI=1S/C14H17N5O4S/c20-13(18-14-15-9-16-19-14)10-3-5-12(6-4-10)24(21,22)17-8-11-2-1-7-23-11/h3-6,9,11,17H,1-2,7-8H2,(H2,15,16,18,19,20). The van der Waals surface area contributed by atoms with E-state index < -0.39 is 15.9 Å². The van der Waals surface area contributed by atoms with Crippen LogP contribution in [0.25, 0.3) is 0 Å². The van der Waals surface area contributed by atoms with Crippen LogP contribution in [0.4, 0.5) is 5.95 Å². The highest BCUT2D eigenvalue weighted by molar-refractivity contribution is 7.89. The van der Waals surface area contributed by atoms with Crippen molar-refractivity contribution in [3.05, 3.63) is 36.2 Å². The minimum atomic E-state index is -3.63. The minimum absolute atomic E-state index is 0.0771. The molecule has 1 fully saturated rings. The Labute approximate surface area is 138 Å². The number of sulfonamides is 1. The molecule has 1 saturated heterocycles. The van der Waals surface area contributed by atoms with Crippen LogP contribution in [0.3, 0.4) is 0 Å². The lowest BCUT2D eigenvalue weighted by atomic mass is 10.2. The number of hydrogen-bond donors (Lipinski definition) is 3. The van der Waals surface area contributed by atoms with Crippen molar-refractivity contribution in [3.8, 4) is 0 Å². The van der Waals surface area contributed by atoms with Crippen molar-refractivity contribution < 1.29 is 17.9 Å². The second kappa shape index (κ2) is 7.07. The first-order valence-corrected chi connectivity index (χ1v) is 8.91. The summed E-state index contributed by atoms with van der Waals surface area (Å²) >= 11 is 0. The van der Waals surface area contributed by atoms with E-state index in [9.17, 15) is 13.2 Å². The zero-order chi connectivity index (χ0) is 17.0. The van der Waals surface area contributed by atoms with Crippen LogP contribution in [0, 0.1) is 0 Å². The molecule has 1 aromatic heterocycles. The lowest BCUT2D eigenvalue weighted by Crippen LogP contribution is -2.31. The quantitative estimate of drug-likeness (QED) is 0.696. The van der Waals surface area contributed by atoms with Gasteiger partial charge in [-0.1, -0.05) is 0 Å². The molecule has 1 unspecified atom stereocenters. The molecule has 2 heterocycles. The van der Waals surface area contributed by atoms with Crippen LogP contribution < -0.4 is 10.0 Å². The first-order valence-electron chi connectivity index (χ1n) is 7.43. The molecule has 1 aliphatic rings. The highest BCUT2D eigenvalue weighted by Crippen LogP contribution is 2.14. The molecule has 0 spiro atoms. The number of benzene rings is 1. The van der Waals surface area contributed by atoms with Gasteiger partial charge in [0.2, 0.25) is 16.0 Å². The van der Waals surface area contributed by atoms with Crippen LogP contribution >= 0.6 is 0 Å². The van der Waals surface area contributed by atoms with Gasteiger partial charge in [-0.25, -0.2) is 18.2 Å². The van der Waals surface area contributed by atoms with Crippen LogP contribution in [0.1, 0.15) is 23.2 Å². The molecule has 0 aliphatic carbocycles. The lowest BCUT2D eigenvalue weighted by molar-refractivity contribution is 0.102. The van der Waals surface area contributed by atoms with Gasteiger partial charge in [-0.3, -0.25) is 10.1 Å². The minimum Gasteiger partial charge on any atom is -0.377 e. The van der Waals surface area contributed by atoms with Crippen LogP contribution in [-0.2, 0) is 14.8 Å². The summed E-state index contributed by atoms with van der Waals surface area (Å²) in [7, 11) is -3.63. The van der Waals surface area contributed by atoms with Crippen molar-refractivity contribution in [1.82, 2.24) is 19.9 Å². The Morgan fingerprint density at radius 3 is 2.75 bits per heavy atom. The summed E-state index contributed by atoms with van der Waals surface area (Å²) in [4.78, 5) is 15.9. The number of aromatic amines is 1. The topological polar surface area (TPSA) is 126 Å². The first kappa shape index (κ1) is 16.6. The Hall–Kier alpha value is -2.30. The van der Waals surface area contributed by atoms with Gasteiger partial charge in [0, 0.05) is 18.7 Å². The van der Waals surface area contributed by atoms with Gasteiger partial charge in [0.25, 0.3) is 5.91 Å². The third-order valence-corrected chi connectivity index (χ3v) is 5.04. The van der Waals surface area contributed by atoms with Crippen LogP contribution in [-0.4, -0.2) is 48.8 Å². The predicted octanol–water partition coefficient (Wildman–Crippen LogP) is 0.514. The lowest BCUT2D eigenvalue weighted by Gasteiger charge is -2.11. The second-order valence-corrected chi connectivity index (χ2v) is 7.07. The molecule has 0 saturated carbocycles. The predicted molar refractivity (Wildman–Crippen MR) is 84.9 cm³/mol. The monoisotopic (exact) mass is 351 g/mol. The van der Waals surface area contributed by atoms with Crippen molar-refractivity contribution >= 4 is 21.9 Å². The fraction of sp³-hybridized carbons (Fsp3) is 0.357. The summed E-state index contributed by atoms with van der Waals surface area (Å²) in [5, 5.41) is 8.63. The second-order valence-electron chi connectivity index (χ2n) is 5.30. The van der Waals surface area contributed by atoms with E-state index in [0.717, 1.165) is 12.8 Å². The number of nitrogens with one attached hydrogen (secondary N) is 3. The Morgan fingerprint density at radius 2 is 2.12 bits per heavy atom. The molecule has 0 bridgehead atoms. The zero-order valence-electron chi connectivity index (χ0n) is 12.7. The van der Waals surface area contributed by atoms with E-state index in [2.05, 4.69) is 25.2 Å². The molecule has 10 heteroatoms. The number of ether oxygens (including phenoxy) is 1. The van der Waals surface area contributed by atoms with Gasteiger partial charge >= 0.3 is 0 Å². The summed E-state index contributed by atoms with van der Waals surface area (Å²) in [5.74, 6) is -0.196. The van der Waals surface area contributed by atoms with Gasteiger partial charge in [0.15, 0.2) is 0 Å². The molecule has 1 aromatic carbocycles. The van der Waals surface area contributed by atoms with Crippen molar-refractivity contribution in [2.24, 2.45) is 0 Å². The number of aromatic nitrogens is 3. The Morgan fingerprint density at radius 1 is 1.33 bits per heavy atom. The number of amides is 1. The molecule has 128 valence electrons. The Kier molecular flexibility index (Phi) is 4.88. The van der Waals surface area contributed by atoms with Gasteiger partial charge in [0.1, 0.15) is 6.33 Å². The van der Waals surface area contributed by atoms with Gasteiger partial charge in [-0.2, -0.15) is 10.1 Å². The molecule has 0 radical (unpaired) electrons. The smallest absolute Gasteiger partial charge is 0.258 e. The fourth-order valence-electron chi connectivity index (χ4n) is 2.32. The Bertz CT molecular complexity index is 783. The van der Waals surface area contributed by atoms with Crippen molar-refractivity contribution in [1.29, 1.82) is 0 Å². The molecule has 24 heavy (non-hydrogen) atoms. The number of carbonyl (C=O) groups excluding carboxylic acids is 1. The zero-order valence-corrected chi connectivity index (χ0v) is 13.5. The van der Waals surface area contributed by atoms with E-state index in [1.807, 2.05) is 0 Å². The van der Waals surface area contributed by atoms with E-state index in [1.165, 1.54) is 30.6 Å². The number of rotatable bonds is 6. The highest BCUT2D eigenvalue weighted by atomic mass is 32.2. The summed E-state index contributed by atoms with van der Waals surface area (Å²) in [5.41, 5.74) is 0.310. The number of anilines is 1. The SMILES string of the molecule is O=C(Nc1ncn[nH]1)c1ccc(S(=O)(=O)NCC2CCCO2)cc1. The van der Waals surface area contributed by atoms with E-state index >= 15 is 0 Å². The van der Waals surface area contributed by atoms with E-state index in [-0.39, 0.29) is 23.5 Å². The number of hydrogen-bond acceptors (Lipinski definition) is 6. The summed E-state index contributed by atoms with van der Waals surface area (Å²) in [6, 6.07) is 5.64. The van der Waals surface area contributed by atoms with E-state index in [0.29, 0.717) is 12.2 Å². The average molecular weight is 351 g/mol. The molecule has 1 amide bonds. The summed E-state index contributed by atoms with van der Waals surface area (Å²) < 4.78 is 32.4. The molecule has 3 rings (SSSR count). The summed E-state index contributed by atoms with van der Waals surface area (Å²) in [6.07, 6.45) is 2.99. The largest absolute Gasteiger partial charge is 0.377 e. The van der Waals surface area contributed by atoms with Gasteiger partial charge in [0.05, 0.1) is 11.0 Å². The van der Waals surface area contributed by atoms with Crippen molar-refractivity contribution in [2.75, 3.05) is 18.5 Å². The molecule has 3 N–H and O–H groups in total. The third-order valence-electron chi connectivity index (χ3n) is 3.60. The number of nitrogens with zero attached hydrogens (tertiary/aromatic N) is 2. The molecule has 1 atom stereocenters. The van der Waals surface area contributed by atoms with Gasteiger partial charge < -0.3 is 4.74 Å². The van der Waals surface area contributed by atoms with Gasteiger partial charge in [-0.15, -0.1) is 0 Å². The summed E-state index contributed by atoms with van der Waals surface area (Å²) in [6.45, 7) is 0.914. The molecule has 2 aromatic rings. The highest BCUT2D eigenvalue weighted by Gasteiger charge is 2.20.